The van der Waals surface area contributed by atoms with Gasteiger partial charge in [0, 0.05) is 17.3 Å². The van der Waals surface area contributed by atoms with E-state index >= 15 is 0 Å². The van der Waals surface area contributed by atoms with Crippen LogP contribution in [0.25, 0.3) is 0 Å². The third kappa shape index (κ3) is 2.68. The largest absolute Gasteiger partial charge is 0.324 e. The topological polar surface area (TPSA) is 38.9 Å². The zero-order chi connectivity index (χ0) is 9.84. The van der Waals surface area contributed by atoms with E-state index in [-0.39, 0.29) is 6.04 Å². The second kappa shape index (κ2) is 4.58. The lowest BCUT2D eigenvalue weighted by Crippen LogP contribution is -2.11. The summed E-state index contributed by atoms with van der Waals surface area (Å²) >= 11 is 5.97. The van der Waals surface area contributed by atoms with E-state index in [0.29, 0.717) is 5.15 Å². The molecule has 0 saturated carbocycles. The van der Waals surface area contributed by atoms with Crippen LogP contribution >= 0.6 is 11.6 Å². The molecule has 2 nitrogen and oxygen atoms in total. The third-order valence-corrected chi connectivity index (χ3v) is 2.32. The highest BCUT2D eigenvalue weighted by Crippen LogP contribution is 2.22. The second-order valence-corrected chi connectivity index (χ2v) is 3.59. The van der Waals surface area contributed by atoms with E-state index in [4.69, 9.17) is 17.3 Å². The maximum absolute atomic E-state index is 5.97. The van der Waals surface area contributed by atoms with Gasteiger partial charge in [-0.25, -0.2) is 4.98 Å². The van der Waals surface area contributed by atoms with Crippen LogP contribution in [-0.2, 0) is 0 Å². The summed E-state index contributed by atoms with van der Waals surface area (Å²) in [6.45, 7) is 4.02. The summed E-state index contributed by atoms with van der Waals surface area (Å²) in [5.74, 6) is 0. The molecule has 0 fully saturated rings. The minimum Gasteiger partial charge on any atom is -0.324 e. The summed E-state index contributed by atoms with van der Waals surface area (Å²) in [7, 11) is 0. The molecule has 13 heavy (non-hydrogen) atoms. The predicted octanol–water partition coefficient (Wildman–Crippen LogP) is 2.84. The fourth-order valence-electron chi connectivity index (χ4n) is 1.28. The van der Waals surface area contributed by atoms with Gasteiger partial charge in [0.2, 0.25) is 0 Å². The van der Waals surface area contributed by atoms with E-state index in [1.165, 1.54) is 0 Å². The number of hydrogen-bond acceptors (Lipinski definition) is 2. The molecule has 1 aromatic heterocycles. The van der Waals surface area contributed by atoms with Crippen molar-refractivity contribution in [3.8, 4) is 0 Å². The highest BCUT2D eigenvalue weighted by atomic mass is 35.5. The Hall–Kier alpha value is -0.600. The number of aromatic nitrogens is 1. The maximum Gasteiger partial charge on any atom is 0.134 e. The number of pyridine rings is 1. The van der Waals surface area contributed by atoms with E-state index in [1.807, 2.05) is 19.1 Å². The lowest BCUT2D eigenvalue weighted by Gasteiger charge is -2.11. The van der Waals surface area contributed by atoms with E-state index in [0.717, 1.165) is 24.1 Å². The van der Waals surface area contributed by atoms with Gasteiger partial charge in [-0.3, -0.25) is 0 Å². The van der Waals surface area contributed by atoms with Crippen LogP contribution in [-0.4, -0.2) is 4.98 Å². The SMILES string of the molecule is CCC[C@@H](N)c1ccc(C)nc1Cl. The molecule has 0 spiro atoms. The Bertz CT molecular complexity index is 286. The average Bonchev–Trinajstić information content (AvgIpc) is 2.04. The summed E-state index contributed by atoms with van der Waals surface area (Å²) in [6.07, 6.45) is 2.01. The first-order chi connectivity index (χ1) is 6.15. The Morgan fingerprint density at radius 1 is 1.54 bits per heavy atom. The monoisotopic (exact) mass is 198 g/mol. The smallest absolute Gasteiger partial charge is 0.134 e. The predicted molar refractivity (Wildman–Crippen MR) is 55.8 cm³/mol. The van der Waals surface area contributed by atoms with Gasteiger partial charge in [-0.2, -0.15) is 0 Å². The van der Waals surface area contributed by atoms with Crippen molar-refractivity contribution in [3.63, 3.8) is 0 Å². The highest BCUT2D eigenvalue weighted by Gasteiger charge is 2.09. The van der Waals surface area contributed by atoms with Crippen LogP contribution in [0.4, 0.5) is 0 Å². The van der Waals surface area contributed by atoms with Gasteiger partial charge in [0.25, 0.3) is 0 Å². The molecule has 0 saturated heterocycles. The summed E-state index contributed by atoms with van der Waals surface area (Å²) in [4.78, 5) is 4.16. The molecule has 0 radical (unpaired) electrons. The van der Waals surface area contributed by atoms with Crippen LogP contribution in [0.3, 0.4) is 0 Å². The molecule has 0 amide bonds. The van der Waals surface area contributed by atoms with Gasteiger partial charge in [-0.05, 0) is 19.4 Å². The number of aryl methyl sites for hydroxylation is 1. The number of nitrogens with zero attached hydrogens (tertiary/aromatic N) is 1. The molecule has 0 aromatic carbocycles. The average molecular weight is 199 g/mol. The zero-order valence-corrected chi connectivity index (χ0v) is 8.80. The number of nitrogens with two attached hydrogens (primary N) is 1. The van der Waals surface area contributed by atoms with E-state index in [2.05, 4.69) is 11.9 Å². The number of halogens is 1. The molecule has 1 heterocycles. The Morgan fingerprint density at radius 2 is 2.23 bits per heavy atom. The summed E-state index contributed by atoms with van der Waals surface area (Å²) in [6, 6.07) is 3.92. The maximum atomic E-state index is 5.97. The van der Waals surface area contributed by atoms with Crippen LogP contribution < -0.4 is 5.73 Å². The van der Waals surface area contributed by atoms with Crippen molar-refractivity contribution >= 4 is 11.6 Å². The fraction of sp³-hybridized carbons (Fsp3) is 0.500. The van der Waals surface area contributed by atoms with Crippen LogP contribution in [0.1, 0.15) is 37.1 Å². The van der Waals surface area contributed by atoms with Gasteiger partial charge < -0.3 is 5.73 Å². The highest BCUT2D eigenvalue weighted by molar-refractivity contribution is 6.30. The minimum atomic E-state index is 0.0191. The first-order valence-corrected chi connectivity index (χ1v) is 4.91. The molecule has 72 valence electrons. The minimum absolute atomic E-state index is 0.0191. The van der Waals surface area contributed by atoms with Gasteiger partial charge in [0.15, 0.2) is 0 Å². The molecule has 3 heteroatoms. The standard InChI is InChI=1S/C10H15ClN2/c1-3-4-9(12)8-6-5-7(2)13-10(8)11/h5-6,9H,3-4,12H2,1-2H3/t9-/m1/s1. The molecule has 0 aliphatic rings. The lowest BCUT2D eigenvalue weighted by molar-refractivity contribution is 0.636. The molecule has 2 N–H and O–H groups in total. The molecule has 0 aliphatic heterocycles. The molecule has 1 atom stereocenters. The number of hydrogen-bond donors (Lipinski definition) is 1. The van der Waals surface area contributed by atoms with Gasteiger partial charge >= 0.3 is 0 Å². The first kappa shape index (κ1) is 10.5. The van der Waals surface area contributed by atoms with E-state index < -0.39 is 0 Å². The second-order valence-electron chi connectivity index (χ2n) is 3.23. The molecule has 0 unspecified atom stereocenters. The molecular formula is C10H15ClN2. The molecule has 0 bridgehead atoms. The Kier molecular flexibility index (Phi) is 3.70. The van der Waals surface area contributed by atoms with Crippen LogP contribution in [0.2, 0.25) is 5.15 Å². The first-order valence-electron chi connectivity index (χ1n) is 4.53. The molecule has 1 rings (SSSR count). The normalized spacial score (nSPS) is 12.9. The van der Waals surface area contributed by atoms with Crippen LogP contribution in [0.15, 0.2) is 12.1 Å². The van der Waals surface area contributed by atoms with Crippen molar-refractivity contribution in [2.75, 3.05) is 0 Å². The van der Waals surface area contributed by atoms with Gasteiger partial charge in [0.05, 0.1) is 0 Å². The van der Waals surface area contributed by atoms with Gasteiger partial charge in [-0.1, -0.05) is 31.0 Å². The van der Waals surface area contributed by atoms with Gasteiger partial charge in [0.1, 0.15) is 5.15 Å². The molecular weight excluding hydrogens is 184 g/mol. The summed E-state index contributed by atoms with van der Waals surface area (Å²) < 4.78 is 0. The Balaban J connectivity index is 2.88. The third-order valence-electron chi connectivity index (χ3n) is 2.02. The van der Waals surface area contributed by atoms with Gasteiger partial charge in [-0.15, -0.1) is 0 Å². The Morgan fingerprint density at radius 3 is 2.77 bits per heavy atom. The quantitative estimate of drug-likeness (QED) is 0.759. The summed E-state index contributed by atoms with van der Waals surface area (Å²) in [5.41, 5.74) is 7.81. The van der Waals surface area contributed by atoms with Crippen molar-refractivity contribution in [3.05, 3.63) is 28.5 Å². The van der Waals surface area contributed by atoms with E-state index in [1.54, 1.807) is 0 Å². The van der Waals surface area contributed by atoms with Crippen molar-refractivity contribution in [1.82, 2.24) is 4.98 Å². The zero-order valence-electron chi connectivity index (χ0n) is 8.05. The lowest BCUT2D eigenvalue weighted by atomic mass is 10.1. The summed E-state index contributed by atoms with van der Waals surface area (Å²) in [5, 5.41) is 0.543. The van der Waals surface area contributed by atoms with Crippen molar-refractivity contribution in [2.45, 2.75) is 32.7 Å². The van der Waals surface area contributed by atoms with Crippen molar-refractivity contribution in [1.29, 1.82) is 0 Å². The molecule has 0 aliphatic carbocycles. The van der Waals surface area contributed by atoms with E-state index in [9.17, 15) is 0 Å². The molecule has 1 aromatic rings. The Labute approximate surface area is 84.1 Å². The van der Waals surface area contributed by atoms with Crippen LogP contribution in [0, 0.1) is 6.92 Å². The number of rotatable bonds is 3. The van der Waals surface area contributed by atoms with Crippen LogP contribution in [0.5, 0.6) is 0 Å². The van der Waals surface area contributed by atoms with Crippen molar-refractivity contribution in [2.24, 2.45) is 5.73 Å². The van der Waals surface area contributed by atoms with Crippen molar-refractivity contribution < 1.29 is 0 Å². The fourth-order valence-corrected chi connectivity index (χ4v) is 1.62.